The Morgan fingerprint density at radius 2 is 1.92 bits per heavy atom. The fourth-order valence-corrected chi connectivity index (χ4v) is 4.37. The standard InChI is InChI=1S/C23H18F3N3O6S/c1-34-17-8-12(9-18-20(31)28-22(36-18)29-7-6-27-19(30)11-29)2-4-16(17)35-15-5-3-13(21(32)33)10-14(15)23(24,25)26/h2-5,8-10H,6-7,11H2,1H3,(H,27,30)(H,32,33). The van der Waals surface area contributed by atoms with Crippen molar-refractivity contribution in [2.24, 2.45) is 4.99 Å². The number of aliphatic imine (C=N–C) groups is 1. The van der Waals surface area contributed by atoms with E-state index in [0.717, 1.165) is 23.9 Å². The van der Waals surface area contributed by atoms with Gasteiger partial charge in [-0.3, -0.25) is 9.59 Å². The topological polar surface area (TPSA) is 118 Å². The first-order chi connectivity index (χ1) is 17.0. The number of aromatic carboxylic acids is 1. The molecule has 0 radical (unpaired) electrons. The van der Waals surface area contributed by atoms with Crippen LogP contribution in [0.15, 0.2) is 46.3 Å². The highest BCUT2D eigenvalue weighted by molar-refractivity contribution is 8.18. The molecule has 2 heterocycles. The first-order valence-corrected chi connectivity index (χ1v) is 11.2. The zero-order valence-electron chi connectivity index (χ0n) is 18.6. The van der Waals surface area contributed by atoms with E-state index in [-0.39, 0.29) is 24.0 Å². The number of carboxylic acid groups (broad SMARTS) is 1. The lowest BCUT2D eigenvalue weighted by atomic mass is 10.1. The molecule has 0 saturated carbocycles. The Labute approximate surface area is 206 Å². The van der Waals surface area contributed by atoms with E-state index in [4.69, 9.17) is 14.6 Å². The van der Waals surface area contributed by atoms with Crippen molar-refractivity contribution in [3.8, 4) is 17.2 Å². The third-order valence-corrected chi connectivity index (χ3v) is 6.20. The predicted molar refractivity (Wildman–Crippen MR) is 124 cm³/mol. The van der Waals surface area contributed by atoms with Crippen LogP contribution in [0.25, 0.3) is 6.08 Å². The third kappa shape index (κ3) is 5.46. The minimum Gasteiger partial charge on any atom is -0.493 e. The number of amides is 2. The maximum Gasteiger partial charge on any atom is 0.420 e. The number of halogens is 3. The number of carboxylic acids is 1. The van der Waals surface area contributed by atoms with Crippen LogP contribution in [-0.2, 0) is 15.8 Å². The summed E-state index contributed by atoms with van der Waals surface area (Å²) in [5.74, 6) is -2.70. The first kappa shape index (κ1) is 25.1. The van der Waals surface area contributed by atoms with Gasteiger partial charge in [0.25, 0.3) is 5.91 Å². The van der Waals surface area contributed by atoms with Crippen molar-refractivity contribution < 1.29 is 42.1 Å². The van der Waals surface area contributed by atoms with Crippen molar-refractivity contribution in [2.75, 3.05) is 26.7 Å². The summed E-state index contributed by atoms with van der Waals surface area (Å²) in [5.41, 5.74) is -1.28. The van der Waals surface area contributed by atoms with Gasteiger partial charge in [-0.1, -0.05) is 6.07 Å². The molecule has 1 saturated heterocycles. The second-order valence-electron chi connectivity index (χ2n) is 7.61. The van der Waals surface area contributed by atoms with Crippen LogP contribution in [-0.4, -0.2) is 59.7 Å². The van der Waals surface area contributed by atoms with Gasteiger partial charge in [-0.25, -0.2) is 4.79 Å². The van der Waals surface area contributed by atoms with Gasteiger partial charge in [-0.2, -0.15) is 18.2 Å². The smallest absolute Gasteiger partial charge is 0.420 e. The first-order valence-electron chi connectivity index (χ1n) is 10.4. The van der Waals surface area contributed by atoms with Crippen molar-refractivity contribution in [3.05, 3.63) is 58.0 Å². The molecule has 2 aliphatic rings. The van der Waals surface area contributed by atoms with Gasteiger partial charge in [0, 0.05) is 13.1 Å². The summed E-state index contributed by atoms with van der Waals surface area (Å²) in [7, 11) is 1.30. The Kier molecular flexibility index (Phi) is 6.93. The number of alkyl halides is 3. The maximum absolute atomic E-state index is 13.5. The zero-order chi connectivity index (χ0) is 26.0. The van der Waals surface area contributed by atoms with Gasteiger partial charge in [0.2, 0.25) is 5.91 Å². The molecule has 0 unspecified atom stereocenters. The Balaban J connectivity index is 1.57. The van der Waals surface area contributed by atoms with E-state index in [2.05, 4.69) is 10.3 Å². The van der Waals surface area contributed by atoms with E-state index in [1.165, 1.54) is 25.3 Å². The van der Waals surface area contributed by atoms with Crippen molar-refractivity contribution in [1.29, 1.82) is 0 Å². The molecule has 2 aromatic carbocycles. The van der Waals surface area contributed by atoms with E-state index in [1.807, 2.05) is 0 Å². The molecular formula is C23H18F3N3O6S. The molecule has 0 spiro atoms. The number of carbonyl (C=O) groups excluding carboxylic acids is 2. The van der Waals surface area contributed by atoms with Gasteiger partial charge in [0.1, 0.15) is 5.75 Å². The van der Waals surface area contributed by atoms with Crippen molar-refractivity contribution in [3.63, 3.8) is 0 Å². The molecule has 0 aromatic heterocycles. The number of thioether (sulfide) groups is 1. The molecule has 2 aromatic rings. The number of rotatable bonds is 5. The van der Waals surface area contributed by atoms with Gasteiger partial charge in [0.05, 0.1) is 29.7 Å². The Morgan fingerprint density at radius 3 is 2.58 bits per heavy atom. The highest BCUT2D eigenvalue weighted by atomic mass is 32.2. The van der Waals surface area contributed by atoms with Crippen LogP contribution in [0.3, 0.4) is 0 Å². The quantitative estimate of drug-likeness (QED) is 0.574. The summed E-state index contributed by atoms with van der Waals surface area (Å²) in [6, 6.07) is 6.79. The van der Waals surface area contributed by atoms with E-state index in [1.54, 1.807) is 11.0 Å². The molecule has 0 bridgehead atoms. The fourth-order valence-electron chi connectivity index (χ4n) is 3.44. The molecule has 188 valence electrons. The maximum atomic E-state index is 13.5. The number of hydrogen-bond donors (Lipinski definition) is 2. The van der Waals surface area contributed by atoms with E-state index in [0.29, 0.717) is 34.8 Å². The number of nitrogens with zero attached hydrogens (tertiary/aromatic N) is 2. The Bertz CT molecular complexity index is 1310. The van der Waals surface area contributed by atoms with Crippen molar-refractivity contribution in [1.82, 2.24) is 10.2 Å². The number of amidine groups is 1. The minimum atomic E-state index is -4.86. The SMILES string of the molecule is COc1cc(C=C2SC(N3CCNC(=O)C3)=NC2=O)ccc1Oc1ccc(C(=O)O)cc1C(F)(F)F. The highest BCUT2D eigenvalue weighted by Gasteiger charge is 2.36. The highest BCUT2D eigenvalue weighted by Crippen LogP contribution is 2.41. The lowest BCUT2D eigenvalue weighted by Crippen LogP contribution is -2.49. The summed E-state index contributed by atoms with van der Waals surface area (Å²) in [6.45, 7) is 1.06. The van der Waals surface area contributed by atoms with E-state index in [9.17, 15) is 27.6 Å². The van der Waals surface area contributed by atoms with E-state index >= 15 is 0 Å². The zero-order valence-corrected chi connectivity index (χ0v) is 19.4. The Hall–Kier alpha value is -4.00. The van der Waals surface area contributed by atoms with Crippen LogP contribution >= 0.6 is 11.8 Å². The van der Waals surface area contributed by atoms with Crippen LogP contribution in [0.2, 0.25) is 0 Å². The summed E-state index contributed by atoms with van der Waals surface area (Å²) in [4.78, 5) is 41.1. The van der Waals surface area contributed by atoms with Crippen molar-refractivity contribution >= 4 is 40.8 Å². The monoisotopic (exact) mass is 521 g/mol. The van der Waals surface area contributed by atoms with Gasteiger partial charge in [-0.05, 0) is 53.7 Å². The molecular weight excluding hydrogens is 503 g/mol. The van der Waals surface area contributed by atoms with Gasteiger partial charge in [0.15, 0.2) is 16.7 Å². The van der Waals surface area contributed by atoms with Crippen LogP contribution in [0, 0.1) is 0 Å². The molecule has 2 aliphatic heterocycles. The fraction of sp³-hybridized carbons (Fsp3) is 0.217. The molecule has 1 fully saturated rings. The molecule has 9 nitrogen and oxygen atoms in total. The molecule has 4 rings (SSSR count). The van der Waals surface area contributed by atoms with E-state index < -0.39 is 34.9 Å². The number of benzene rings is 2. The average Bonchev–Trinajstić information content (AvgIpc) is 3.19. The van der Waals surface area contributed by atoms with Crippen LogP contribution in [0.1, 0.15) is 21.5 Å². The number of ether oxygens (including phenoxy) is 2. The van der Waals surface area contributed by atoms with Crippen LogP contribution in [0.4, 0.5) is 13.2 Å². The number of piperazine rings is 1. The summed E-state index contributed by atoms with van der Waals surface area (Å²) < 4.78 is 51.2. The predicted octanol–water partition coefficient (Wildman–Crippen LogP) is 3.61. The van der Waals surface area contributed by atoms with Gasteiger partial charge < -0.3 is 24.8 Å². The number of methoxy groups -OCH3 is 1. The summed E-state index contributed by atoms with van der Waals surface area (Å²) in [6.07, 6.45) is -3.31. The summed E-state index contributed by atoms with van der Waals surface area (Å²) in [5, 5.41) is 12.1. The molecule has 0 atom stereocenters. The summed E-state index contributed by atoms with van der Waals surface area (Å²) >= 11 is 1.11. The Morgan fingerprint density at radius 1 is 1.17 bits per heavy atom. The van der Waals surface area contributed by atoms with Crippen LogP contribution < -0.4 is 14.8 Å². The second-order valence-corrected chi connectivity index (χ2v) is 8.62. The third-order valence-electron chi connectivity index (χ3n) is 5.16. The van der Waals surface area contributed by atoms with Gasteiger partial charge >= 0.3 is 12.1 Å². The average molecular weight is 521 g/mol. The lowest BCUT2D eigenvalue weighted by molar-refractivity contribution is -0.138. The number of hydrogen-bond acceptors (Lipinski definition) is 7. The molecule has 36 heavy (non-hydrogen) atoms. The normalized spacial score (nSPS) is 17.2. The molecule has 0 aliphatic carbocycles. The number of carbonyl (C=O) groups is 3. The second kappa shape index (κ2) is 9.93. The number of nitrogens with one attached hydrogen (secondary N) is 1. The van der Waals surface area contributed by atoms with Gasteiger partial charge in [-0.15, -0.1) is 0 Å². The molecule has 2 amide bonds. The van der Waals surface area contributed by atoms with Crippen LogP contribution in [0.5, 0.6) is 17.2 Å². The molecule has 2 N–H and O–H groups in total. The van der Waals surface area contributed by atoms with Crippen molar-refractivity contribution in [2.45, 2.75) is 6.18 Å². The molecule has 13 heteroatoms. The minimum absolute atomic E-state index is 0.0464. The largest absolute Gasteiger partial charge is 0.493 e. The lowest BCUT2D eigenvalue weighted by Gasteiger charge is -2.27.